The van der Waals surface area contributed by atoms with Crippen molar-refractivity contribution in [1.82, 2.24) is 0 Å². The van der Waals surface area contributed by atoms with Gasteiger partial charge < -0.3 is 10.6 Å². The second kappa shape index (κ2) is 10.7. The second-order valence-electron chi connectivity index (χ2n) is 6.34. The van der Waals surface area contributed by atoms with E-state index in [2.05, 4.69) is 10.6 Å². The van der Waals surface area contributed by atoms with Crippen molar-refractivity contribution in [3.8, 4) is 0 Å². The van der Waals surface area contributed by atoms with Crippen LogP contribution in [0.25, 0.3) is 0 Å². The fourth-order valence-electron chi connectivity index (χ4n) is 2.58. The summed E-state index contributed by atoms with van der Waals surface area (Å²) in [5.74, 6) is -0.128. The summed E-state index contributed by atoms with van der Waals surface area (Å²) in [5.41, 5.74) is 2.05. The Morgan fingerprint density at radius 3 is 2.27 bits per heavy atom. The highest BCUT2D eigenvalue weighted by Crippen LogP contribution is 2.26. The fraction of sp³-hybridized carbons (Fsp3) is 0.0909. The number of amides is 2. The smallest absolute Gasteiger partial charge is 0.234 e. The molecule has 0 heterocycles. The molecule has 0 saturated heterocycles. The molecule has 0 aliphatic rings. The van der Waals surface area contributed by atoms with Crippen molar-refractivity contribution < 1.29 is 9.59 Å². The molecular weight excluding hydrogens is 463 g/mol. The molecule has 154 valence electrons. The van der Waals surface area contributed by atoms with E-state index in [1.807, 2.05) is 30.3 Å². The predicted molar refractivity (Wildman–Crippen MR) is 126 cm³/mol. The third kappa shape index (κ3) is 6.96. The van der Waals surface area contributed by atoms with Crippen LogP contribution in [0.1, 0.15) is 5.56 Å². The molecule has 0 atom stereocenters. The lowest BCUT2D eigenvalue weighted by Crippen LogP contribution is -2.15. The van der Waals surface area contributed by atoms with E-state index in [1.165, 1.54) is 11.8 Å². The van der Waals surface area contributed by atoms with Crippen molar-refractivity contribution >= 4 is 69.8 Å². The Labute approximate surface area is 193 Å². The molecule has 0 saturated carbocycles. The first-order valence-electron chi connectivity index (χ1n) is 8.91. The minimum Gasteiger partial charge on any atom is -0.326 e. The molecule has 8 heteroatoms. The maximum absolute atomic E-state index is 12.3. The first kappa shape index (κ1) is 22.5. The van der Waals surface area contributed by atoms with Crippen LogP contribution in [-0.2, 0) is 16.0 Å². The van der Waals surface area contributed by atoms with Crippen LogP contribution in [0, 0.1) is 0 Å². The number of carbonyl (C=O) groups excluding carboxylic acids is 2. The number of thioether (sulfide) groups is 1. The summed E-state index contributed by atoms with van der Waals surface area (Å²) in [6.07, 6.45) is 0.249. The average molecular weight is 480 g/mol. The molecule has 2 amide bonds. The minimum atomic E-state index is -0.193. The second-order valence-corrected chi connectivity index (χ2v) is 8.67. The summed E-state index contributed by atoms with van der Waals surface area (Å²) in [4.78, 5) is 25.3. The quantitative estimate of drug-likeness (QED) is 0.377. The highest BCUT2D eigenvalue weighted by atomic mass is 35.5. The molecule has 3 aromatic carbocycles. The minimum absolute atomic E-state index is 0.130. The molecule has 0 aromatic heterocycles. The van der Waals surface area contributed by atoms with Gasteiger partial charge in [0.2, 0.25) is 11.8 Å². The van der Waals surface area contributed by atoms with E-state index in [0.29, 0.717) is 26.4 Å². The SMILES string of the molecule is O=C(Cc1ccc(Cl)cc1)Nc1cccc(SCC(=O)Nc2ccc(Cl)cc2Cl)c1. The van der Waals surface area contributed by atoms with Gasteiger partial charge in [-0.05, 0) is 54.1 Å². The van der Waals surface area contributed by atoms with Crippen LogP contribution in [0.2, 0.25) is 15.1 Å². The molecule has 0 fully saturated rings. The van der Waals surface area contributed by atoms with Crippen molar-refractivity contribution in [2.45, 2.75) is 11.3 Å². The first-order chi connectivity index (χ1) is 14.4. The van der Waals surface area contributed by atoms with E-state index in [-0.39, 0.29) is 24.0 Å². The Hall–Kier alpha value is -2.18. The van der Waals surface area contributed by atoms with Gasteiger partial charge in [-0.15, -0.1) is 11.8 Å². The molecule has 0 aliphatic heterocycles. The van der Waals surface area contributed by atoms with E-state index in [4.69, 9.17) is 34.8 Å². The normalized spacial score (nSPS) is 10.5. The lowest BCUT2D eigenvalue weighted by atomic mass is 10.1. The van der Waals surface area contributed by atoms with Gasteiger partial charge in [0, 0.05) is 20.6 Å². The first-order valence-corrected chi connectivity index (χ1v) is 11.0. The highest BCUT2D eigenvalue weighted by molar-refractivity contribution is 8.00. The molecular formula is C22H17Cl3N2O2S. The van der Waals surface area contributed by atoms with Gasteiger partial charge >= 0.3 is 0 Å². The van der Waals surface area contributed by atoms with Crippen LogP contribution in [0.5, 0.6) is 0 Å². The number of nitrogens with one attached hydrogen (secondary N) is 2. The van der Waals surface area contributed by atoms with Gasteiger partial charge in [0.25, 0.3) is 0 Å². The van der Waals surface area contributed by atoms with Crippen molar-refractivity contribution in [3.63, 3.8) is 0 Å². The molecule has 0 unspecified atom stereocenters. The molecule has 3 aromatic rings. The molecule has 0 radical (unpaired) electrons. The summed E-state index contributed by atoms with van der Waals surface area (Å²) in [6, 6.07) is 19.4. The van der Waals surface area contributed by atoms with Crippen LogP contribution in [-0.4, -0.2) is 17.6 Å². The number of halogens is 3. The number of hydrogen-bond donors (Lipinski definition) is 2. The highest BCUT2D eigenvalue weighted by Gasteiger charge is 2.09. The molecule has 0 bridgehead atoms. The van der Waals surface area contributed by atoms with Crippen LogP contribution in [0.15, 0.2) is 71.6 Å². The van der Waals surface area contributed by atoms with Crippen molar-refractivity contribution in [1.29, 1.82) is 0 Å². The molecule has 30 heavy (non-hydrogen) atoms. The lowest BCUT2D eigenvalue weighted by molar-refractivity contribution is -0.115. The van der Waals surface area contributed by atoms with E-state index < -0.39 is 0 Å². The summed E-state index contributed by atoms with van der Waals surface area (Å²) < 4.78 is 0. The number of benzene rings is 3. The van der Waals surface area contributed by atoms with Crippen molar-refractivity contribution in [2.75, 3.05) is 16.4 Å². The van der Waals surface area contributed by atoms with Crippen LogP contribution in [0.4, 0.5) is 11.4 Å². The Morgan fingerprint density at radius 1 is 0.800 bits per heavy atom. The van der Waals surface area contributed by atoms with E-state index in [1.54, 1.807) is 36.4 Å². The van der Waals surface area contributed by atoms with Gasteiger partial charge in [0.1, 0.15) is 0 Å². The summed E-state index contributed by atoms with van der Waals surface area (Å²) in [5, 5.41) is 7.14. The standard InChI is InChI=1S/C22H17Cl3N2O2S/c23-15-6-4-14(5-7-15)10-21(28)26-17-2-1-3-18(12-17)30-13-22(29)27-20-9-8-16(24)11-19(20)25/h1-9,11-12H,10,13H2,(H,26,28)(H,27,29). The largest absolute Gasteiger partial charge is 0.326 e. The van der Waals surface area contributed by atoms with Crippen LogP contribution < -0.4 is 10.6 Å². The average Bonchev–Trinajstić information content (AvgIpc) is 2.70. The topological polar surface area (TPSA) is 58.2 Å². The fourth-order valence-corrected chi connectivity index (χ4v) is 3.92. The Bertz CT molecular complexity index is 1060. The van der Waals surface area contributed by atoms with Crippen molar-refractivity contribution in [2.24, 2.45) is 0 Å². The van der Waals surface area contributed by atoms with E-state index >= 15 is 0 Å². The monoisotopic (exact) mass is 478 g/mol. The van der Waals surface area contributed by atoms with Crippen molar-refractivity contribution in [3.05, 3.63) is 87.4 Å². The Morgan fingerprint density at radius 2 is 1.53 bits per heavy atom. The number of rotatable bonds is 7. The van der Waals surface area contributed by atoms with Gasteiger partial charge in [-0.3, -0.25) is 9.59 Å². The number of anilines is 2. The Kier molecular flexibility index (Phi) is 8.05. The van der Waals surface area contributed by atoms with Gasteiger partial charge in [-0.1, -0.05) is 53.0 Å². The van der Waals surface area contributed by atoms with Gasteiger partial charge in [-0.25, -0.2) is 0 Å². The number of hydrogen-bond acceptors (Lipinski definition) is 3. The molecule has 0 spiro atoms. The maximum Gasteiger partial charge on any atom is 0.234 e. The van der Waals surface area contributed by atoms with E-state index in [9.17, 15) is 9.59 Å². The molecule has 4 nitrogen and oxygen atoms in total. The molecule has 0 aliphatic carbocycles. The van der Waals surface area contributed by atoms with Crippen LogP contribution in [0.3, 0.4) is 0 Å². The third-order valence-corrected chi connectivity index (χ3v) is 5.76. The summed E-state index contributed by atoms with van der Waals surface area (Å²) in [6.45, 7) is 0. The lowest BCUT2D eigenvalue weighted by Gasteiger charge is -2.09. The van der Waals surface area contributed by atoms with E-state index in [0.717, 1.165) is 10.5 Å². The molecule has 3 rings (SSSR count). The van der Waals surface area contributed by atoms with Gasteiger partial charge in [0.15, 0.2) is 0 Å². The van der Waals surface area contributed by atoms with Crippen LogP contribution >= 0.6 is 46.6 Å². The summed E-state index contributed by atoms with van der Waals surface area (Å²) >= 11 is 19.2. The predicted octanol–water partition coefficient (Wildman–Crippen LogP) is 6.56. The maximum atomic E-state index is 12.3. The third-order valence-electron chi connectivity index (χ3n) is 3.97. The summed E-state index contributed by atoms with van der Waals surface area (Å²) in [7, 11) is 0. The molecule has 2 N–H and O–H groups in total. The zero-order valence-corrected chi connectivity index (χ0v) is 18.7. The zero-order valence-electron chi connectivity index (χ0n) is 15.6. The number of carbonyl (C=O) groups is 2. The Balaban J connectivity index is 1.52. The van der Waals surface area contributed by atoms with Gasteiger partial charge in [0.05, 0.1) is 22.9 Å². The van der Waals surface area contributed by atoms with Gasteiger partial charge in [-0.2, -0.15) is 0 Å². The zero-order chi connectivity index (χ0) is 21.5.